The molecule has 0 unspecified atom stereocenters. The molecule has 0 aliphatic rings. The Kier molecular flexibility index (Phi) is 4.86. The Bertz CT molecular complexity index is 509. The summed E-state index contributed by atoms with van der Waals surface area (Å²) in [6.45, 7) is 2.74. The first kappa shape index (κ1) is 14.7. The van der Waals surface area contributed by atoms with Crippen molar-refractivity contribution in [3.63, 3.8) is 0 Å². The number of hydrogen-bond donors (Lipinski definition) is 1. The van der Waals surface area contributed by atoms with Crippen molar-refractivity contribution in [2.45, 2.75) is 24.7 Å². The van der Waals surface area contributed by atoms with E-state index in [0.717, 1.165) is 12.8 Å². The molecule has 0 radical (unpaired) electrons. The van der Waals surface area contributed by atoms with E-state index in [1.54, 1.807) is 11.9 Å². The lowest BCUT2D eigenvalue weighted by Crippen LogP contribution is -2.27. The molecule has 18 heavy (non-hydrogen) atoms. The van der Waals surface area contributed by atoms with Crippen LogP contribution in [0.3, 0.4) is 0 Å². The number of primary sulfonamides is 1. The van der Waals surface area contributed by atoms with Gasteiger partial charge in [-0.1, -0.05) is 13.3 Å². The van der Waals surface area contributed by atoms with Gasteiger partial charge >= 0.3 is 0 Å². The lowest BCUT2D eigenvalue weighted by atomic mass is 10.2. The SMILES string of the molecule is CCCCN(C)C(=O)c1ccc(S(N)(=O)=O)cc1. The minimum atomic E-state index is -3.70. The zero-order chi connectivity index (χ0) is 13.8. The number of rotatable bonds is 5. The average Bonchev–Trinajstić information content (AvgIpc) is 2.34. The largest absolute Gasteiger partial charge is 0.342 e. The van der Waals surface area contributed by atoms with Crippen molar-refractivity contribution in [2.75, 3.05) is 13.6 Å². The Hall–Kier alpha value is -1.40. The van der Waals surface area contributed by atoms with E-state index in [0.29, 0.717) is 12.1 Å². The first-order valence-corrected chi connectivity index (χ1v) is 7.29. The van der Waals surface area contributed by atoms with Gasteiger partial charge in [-0.25, -0.2) is 13.6 Å². The molecule has 100 valence electrons. The summed E-state index contributed by atoms with van der Waals surface area (Å²) in [6, 6.07) is 5.64. The first-order valence-electron chi connectivity index (χ1n) is 5.74. The molecule has 1 aromatic rings. The van der Waals surface area contributed by atoms with Crippen molar-refractivity contribution in [3.8, 4) is 0 Å². The van der Waals surface area contributed by atoms with Crippen molar-refractivity contribution >= 4 is 15.9 Å². The lowest BCUT2D eigenvalue weighted by Gasteiger charge is -2.16. The topological polar surface area (TPSA) is 80.5 Å². The Morgan fingerprint density at radius 1 is 1.28 bits per heavy atom. The summed E-state index contributed by atoms with van der Waals surface area (Å²) in [5.41, 5.74) is 0.459. The number of benzene rings is 1. The average molecular weight is 270 g/mol. The summed E-state index contributed by atoms with van der Waals surface area (Å²) in [4.78, 5) is 13.6. The van der Waals surface area contributed by atoms with Crippen LogP contribution in [0.1, 0.15) is 30.1 Å². The number of carbonyl (C=O) groups is 1. The number of nitrogens with two attached hydrogens (primary N) is 1. The van der Waals surface area contributed by atoms with Gasteiger partial charge in [-0.2, -0.15) is 0 Å². The predicted molar refractivity (Wildman–Crippen MR) is 69.7 cm³/mol. The van der Waals surface area contributed by atoms with Crippen LogP contribution in [0, 0.1) is 0 Å². The minimum Gasteiger partial charge on any atom is -0.342 e. The Morgan fingerprint density at radius 2 is 1.83 bits per heavy atom. The van der Waals surface area contributed by atoms with E-state index >= 15 is 0 Å². The summed E-state index contributed by atoms with van der Waals surface area (Å²) >= 11 is 0. The summed E-state index contributed by atoms with van der Waals surface area (Å²) < 4.78 is 22.1. The maximum Gasteiger partial charge on any atom is 0.253 e. The highest BCUT2D eigenvalue weighted by Gasteiger charge is 2.13. The number of unbranched alkanes of at least 4 members (excludes halogenated alkanes) is 1. The molecule has 6 heteroatoms. The van der Waals surface area contributed by atoms with Gasteiger partial charge in [-0.3, -0.25) is 4.79 Å². The quantitative estimate of drug-likeness (QED) is 0.873. The van der Waals surface area contributed by atoms with Gasteiger partial charge in [-0.05, 0) is 30.7 Å². The molecule has 0 spiro atoms. The fraction of sp³-hybridized carbons (Fsp3) is 0.417. The summed E-state index contributed by atoms with van der Waals surface area (Å²) in [5, 5.41) is 4.99. The van der Waals surface area contributed by atoms with Crippen LogP contribution in [0.25, 0.3) is 0 Å². The second-order valence-corrected chi connectivity index (χ2v) is 5.71. The monoisotopic (exact) mass is 270 g/mol. The van der Waals surface area contributed by atoms with E-state index in [1.807, 2.05) is 0 Å². The number of sulfonamides is 1. The molecule has 1 rings (SSSR count). The zero-order valence-corrected chi connectivity index (χ0v) is 11.4. The molecule has 0 bridgehead atoms. The van der Waals surface area contributed by atoms with Crippen molar-refractivity contribution in [1.29, 1.82) is 0 Å². The number of hydrogen-bond acceptors (Lipinski definition) is 3. The van der Waals surface area contributed by atoms with Gasteiger partial charge in [-0.15, -0.1) is 0 Å². The van der Waals surface area contributed by atoms with E-state index in [9.17, 15) is 13.2 Å². The van der Waals surface area contributed by atoms with Crippen LogP contribution in [-0.2, 0) is 10.0 Å². The van der Waals surface area contributed by atoms with Crippen LogP contribution >= 0.6 is 0 Å². The third kappa shape index (κ3) is 3.82. The van der Waals surface area contributed by atoms with E-state index < -0.39 is 10.0 Å². The van der Waals surface area contributed by atoms with Crippen LogP contribution in [-0.4, -0.2) is 32.8 Å². The van der Waals surface area contributed by atoms with E-state index in [1.165, 1.54) is 24.3 Å². The van der Waals surface area contributed by atoms with Crippen molar-refractivity contribution in [3.05, 3.63) is 29.8 Å². The van der Waals surface area contributed by atoms with Crippen LogP contribution < -0.4 is 5.14 Å². The smallest absolute Gasteiger partial charge is 0.253 e. The molecule has 1 aromatic carbocycles. The van der Waals surface area contributed by atoms with Crippen LogP contribution in [0.2, 0.25) is 0 Å². The molecular formula is C12H18N2O3S. The molecule has 1 amide bonds. The summed E-state index contributed by atoms with van der Waals surface area (Å²) in [6.07, 6.45) is 1.96. The zero-order valence-electron chi connectivity index (χ0n) is 10.6. The van der Waals surface area contributed by atoms with Gasteiger partial charge < -0.3 is 4.90 Å². The fourth-order valence-corrected chi connectivity index (χ4v) is 2.02. The van der Waals surface area contributed by atoms with Crippen molar-refractivity contribution in [2.24, 2.45) is 5.14 Å². The maximum absolute atomic E-state index is 12.0. The molecule has 2 N–H and O–H groups in total. The molecule has 0 aliphatic carbocycles. The molecule has 0 heterocycles. The highest BCUT2D eigenvalue weighted by Crippen LogP contribution is 2.10. The Morgan fingerprint density at radius 3 is 2.28 bits per heavy atom. The third-order valence-corrected chi connectivity index (χ3v) is 3.55. The van der Waals surface area contributed by atoms with Gasteiger partial charge in [0.2, 0.25) is 10.0 Å². The number of carbonyl (C=O) groups excluding carboxylic acids is 1. The second-order valence-electron chi connectivity index (χ2n) is 4.15. The molecule has 0 saturated carbocycles. The van der Waals surface area contributed by atoms with E-state index in [2.05, 4.69) is 6.92 Å². The number of amides is 1. The maximum atomic E-state index is 12.0. The third-order valence-electron chi connectivity index (χ3n) is 2.62. The number of nitrogens with zero attached hydrogens (tertiary/aromatic N) is 1. The molecule has 5 nitrogen and oxygen atoms in total. The fourth-order valence-electron chi connectivity index (χ4n) is 1.50. The van der Waals surface area contributed by atoms with Gasteiger partial charge in [0.15, 0.2) is 0 Å². The van der Waals surface area contributed by atoms with Gasteiger partial charge in [0.25, 0.3) is 5.91 Å². The van der Waals surface area contributed by atoms with Crippen LogP contribution in [0.5, 0.6) is 0 Å². The molecule has 0 fully saturated rings. The van der Waals surface area contributed by atoms with Crippen LogP contribution in [0.15, 0.2) is 29.2 Å². The summed E-state index contributed by atoms with van der Waals surface area (Å²) in [5.74, 6) is -0.121. The highest BCUT2D eigenvalue weighted by atomic mass is 32.2. The molecular weight excluding hydrogens is 252 g/mol. The molecule has 0 aliphatic heterocycles. The van der Waals surface area contributed by atoms with Crippen molar-refractivity contribution in [1.82, 2.24) is 4.90 Å². The second kappa shape index (κ2) is 5.97. The normalized spacial score (nSPS) is 11.3. The highest BCUT2D eigenvalue weighted by molar-refractivity contribution is 7.89. The first-order chi connectivity index (χ1) is 8.36. The van der Waals surface area contributed by atoms with Crippen molar-refractivity contribution < 1.29 is 13.2 Å². The molecule has 0 aromatic heterocycles. The molecule has 0 atom stereocenters. The predicted octanol–water partition coefficient (Wildman–Crippen LogP) is 1.21. The van der Waals surface area contributed by atoms with E-state index in [4.69, 9.17) is 5.14 Å². The minimum absolute atomic E-state index is 0.00950. The van der Waals surface area contributed by atoms with Gasteiger partial charge in [0, 0.05) is 19.2 Å². The summed E-state index contributed by atoms with van der Waals surface area (Å²) in [7, 11) is -1.98. The standard InChI is InChI=1S/C12H18N2O3S/c1-3-4-9-14(2)12(15)10-5-7-11(8-6-10)18(13,16)17/h5-8H,3-4,9H2,1-2H3,(H2,13,16,17). The van der Waals surface area contributed by atoms with E-state index in [-0.39, 0.29) is 10.8 Å². The lowest BCUT2D eigenvalue weighted by molar-refractivity contribution is 0.0793. The van der Waals surface area contributed by atoms with Gasteiger partial charge in [0.1, 0.15) is 0 Å². The Labute approximate surface area is 108 Å². The van der Waals surface area contributed by atoms with Crippen LogP contribution in [0.4, 0.5) is 0 Å². The Balaban J connectivity index is 2.82. The van der Waals surface area contributed by atoms with Gasteiger partial charge in [0.05, 0.1) is 4.90 Å². The molecule has 0 saturated heterocycles.